The molecule has 0 radical (unpaired) electrons. The van der Waals surface area contributed by atoms with Crippen molar-refractivity contribution in [3.8, 4) is 0 Å². The minimum Gasteiger partial charge on any atom is -0.216 e. The number of halogens is 1. The third-order valence-electron chi connectivity index (χ3n) is 5.11. The van der Waals surface area contributed by atoms with Gasteiger partial charge in [-0.2, -0.15) is 0 Å². The second kappa shape index (κ2) is 7.11. The number of rotatable bonds is 3. The first kappa shape index (κ1) is 13.8. The summed E-state index contributed by atoms with van der Waals surface area (Å²) in [6.45, 7) is 2.13. The van der Waals surface area contributed by atoms with E-state index in [4.69, 9.17) is 0 Å². The molecule has 0 heterocycles. The van der Waals surface area contributed by atoms with Crippen molar-refractivity contribution < 1.29 is 4.39 Å². The van der Waals surface area contributed by atoms with Crippen molar-refractivity contribution in [1.82, 2.24) is 0 Å². The molecule has 18 heavy (non-hydrogen) atoms. The number of hydrogen-bond acceptors (Lipinski definition) is 0. The summed E-state index contributed by atoms with van der Waals surface area (Å²) in [6.07, 6.45) is 17.8. The topological polar surface area (TPSA) is 0 Å². The Morgan fingerprint density at radius 1 is 0.722 bits per heavy atom. The Morgan fingerprint density at radius 2 is 1.17 bits per heavy atom. The quantitative estimate of drug-likeness (QED) is 0.567. The predicted octanol–water partition coefficient (Wildman–Crippen LogP) is 5.66. The highest BCUT2D eigenvalue weighted by Gasteiger charge is 2.29. The van der Waals surface area contributed by atoms with Crippen LogP contribution in [0.1, 0.15) is 58.3 Å². The zero-order chi connectivity index (χ0) is 12.8. The molecule has 0 saturated heterocycles. The third kappa shape index (κ3) is 3.70. The predicted molar refractivity (Wildman–Crippen MR) is 76.0 cm³/mol. The van der Waals surface area contributed by atoms with E-state index in [1.54, 1.807) is 6.08 Å². The highest BCUT2D eigenvalue weighted by molar-refractivity contribution is 4.92. The molecule has 102 valence electrons. The molecular formula is C17H27F. The molecule has 0 aromatic carbocycles. The average molecular weight is 250 g/mol. The maximum Gasteiger partial charge on any atom is 0.0829 e. The molecule has 2 aliphatic rings. The van der Waals surface area contributed by atoms with Gasteiger partial charge in [0.2, 0.25) is 0 Å². The zero-order valence-electron chi connectivity index (χ0n) is 11.7. The van der Waals surface area contributed by atoms with Crippen LogP contribution in [0.25, 0.3) is 0 Å². The Labute approximate surface area is 111 Å². The van der Waals surface area contributed by atoms with Crippen LogP contribution in [0.3, 0.4) is 0 Å². The summed E-state index contributed by atoms with van der Waals surface area (Å²) in [6, 6.07) is 0. The van der Waals surface area contributed by atoms with Crippen LogP contribution in [0.5, 0.6) is 0 Å². The van der Waals surface area contributed by atoms with Gasteiger partial charge in [-0.1, -0.05) is 18.2 Å². The second-order valence-corrected chi connectivity index (χ2v) is 6.19. The van der Waals surface area contributed by atoms with Crippen LogP contribution in [0.15, 0.2) is 24.6 Å². The van der Waals surface area contributed by atoms with Gasteiger partial charge in [-0.15, -0.1) is 0 Å². The summed E-state index contributed by atoms with van der Waals surface area (Å²) in [5.74, 6) is 3.25. The Bertz CT molecular complexity index is 246. The third-order valence-corrected chi connectivity index (χ3v) is 5.11. The standard InChI is InChI=1S/C17H27F/c1-2-3-14-4-8-16(9-5-14)17-10-6-15(7-11-17)12-13-18/h2-3,12-17H,4-11H2,1H3. The Kier molecular flexibility index (Phi) is 5.46. The van der Waals surface area contributed by atoms with Crippen molar-refractivity contribution in [2.45, 2.75) is 58.3 Å². The van der Waals surface area contributed by atoms with E-state index in [-0.39, 0.29) is 0 Å². The molecule has 0 aromatic heterocycles. The van der Waals surface area contributed by atoms with Crippen molar-refractivity contribution >= 4 is 0 Å². The summed E-state index contributed by atoms with van der Waals surface area (Å²) in [7, 11) is 0. The molecule has 2 saturated carbocycles. The van der Waals surface area contributed by atoms with Gasteiger partial charge in [0.25, 0.3) is 0 Å². The van der Waals surface area contributed by atoms with Gasteiger partial charge in [-0.05, 0) is 82.0 Å². The lowest BCUT2D eigenvalue weighted by Gasteiger charge is -2.36. The van der Waals surface area contributed by atoms with Crippen molar-refractivity contribution in [3.05, 3.63) is 24.6 Å². The Hall–Kier alpha value is -0.590. The van der Waals surface area contributed by atoms with Crippen molar-refractivity contribution in [2.75, 3.05) is 0 Å². The van der Waals surface area contributed by atoms with E-state index in [9.17, 15) is 4.39 Å². The monoisotopic (exact) mass is 250 g/mol. The molecule has 0 N–H and O–H groups in total. The van der Waals surface area contributed by atoms with Gasteiger partial charge >= 0.3 is 0 Å². The molecule has 0 atom stereocenters. The van der Waals surface area contributed by atoms with E-state index < -0.39 is 0 Å². The van der Waals surface area contributed by atoms with E-state index in [1.807, 2.05) is 0 Å². The largest absolute Gasteiger partial charge is 0.216 e. The lowest BCUT2D eigenvalue weighted by atomic mass is 9.69. The maximum atomic E-state index is 12.2. The molecule has 0 nitrogen and oxygen atoms in total. The normalized spacial score (nSPS) is 38.6. The maximum absolute atomic E-state index is 12.2. The second-order valence-electron chi connectivity index (χ2n) is 6.19. The van der Waals surface area contributed by atoms with E-state index >= 15 is 0 Å². The summed E-state index contributed by atoms with van der Waals surface area (Å²) < 4.78 is 12.2. The van der Waals surface area contributed by atoms with E-state index in [2.05, 4.69) is 19.1 Å². The molecule has 0 aliphatic heterocycles. The Morgan fingerprint density at radius 3 is 1.56 bits per heavy atom. The van der Waals surface area contributed by atoms with Crippen LogP contribution in [0, 0.1) is 23.7 Å². The zero-order valence-corrected chi connectivity index (χ0v) is 11.7. The van der Waals surface area contributed by atoms with Crippen LogP contribution in [-0.2, 0) is 0 Å². The summed E-state index contributed by atoms with van der Waals surface area (Å²) >= 11 is 0. The highest BCUT2D eigenvalue weighted by atomic mass is 19.1. The van der Waals surface area contributed by atoms with Crippen LogP contribution < -0.4 is 0 Å². The molecule has 0 aromatic rings. The molecule has 2 aliphatic carbocycles. The van der Waals surface area contributed by atoms with Gasteiger partial charge in [-0.3, -0.25) is 0 Å². The minimum absolute atomic E-state index is 0.519. The molecule has 2 fully saturated rings. The SMILES string of the molecule is CC=CC1CCC(C2CCC(C=CF)CC2)CC1. The van der Waals surface area contributed by atoms with Gasteiger partial charge in [0.1, 0.15) is 0 Å². The smallest absolute Gasteiger partial charge is 0.0829 e. The van der Waals surface area contributed by atoms with Crippen molar-refractivity contribution in [3.63, 3.8) is 0 Å². The lowest BCUT2D eigenvalue weighted by Crippen LogP contribution is -2.25. The van der Waals surface area contributed by atoms with Crippen LogP contribution >= 0.6 is 0 Å². The van der Waals surface area contributed by atoms with Crippen LogP contribution in [-0.4, -0.2) is 0 Å². The summed E-state index contributed by atoms with van der Waals surface area (Å²) in [5, 5.41) is 0. The van der Waals surface area contributed by atoms with E-state index in [1.165, 1.54) is 51.4 Å². The molecular weight excluding hydrogens is 223 g/mol. The molecule has 0 unspecified atom stereocenters. The minimum atomic E-state index is 0.519. The average Bonchev–Trinajstić information content (AvgIpc) is 2.41. The fraction of sp³-hybridized carbons (Fsp3) is 0.765. The van der Waals surface area contributed by atoms with E-state index in [0.29, 0.717) is 5.92 Å². The van der Waals surface area contributed by atoms with Crippen molar-refractivity contribution in [2.24, 2.45) is 23.7 Å². The summed E-state index contributed by atoms with van der Waals surface area (Å²) in [4.78, 5) is 0. The van der Waals surface area contributed by atoms with Crippen molar-refractivity contribution in [1.29, 1.82) is 0 Å². The molecule has 2 rings (SSSR count). The van der Waals surface area contributed by atoms with Gasteiger partial charge in [0.05, 0.1) is 6.33 Å². The summed E-state index contributed by atoms with van der Waals surface area (Å²) in [5.41, 5.74) is 0. The molecule has 1 heteroatoms. The van der Waals surface area contributed by atoms with Crippen LogP contribution in [0.2, 0.25) is 0 Å². The fourth-order valence-corrected chi connectivity index (χ4v) is 3.99. The van der Waals surface area contributed by atoms with Gasteiger partial charge < -0.3 is 0 Å². The lowest BCUT2D eigenvalue weighted by molar-refractivity contribution is 0.166. The van der Waals surface area contributed by atoms with Gasteiger partial charge in [-0.25, -0.2) is 4.39 Å². The van der Waals surface area contributed by atoms with Crippen LogP contribution in [0.4, 0.5) is 4.39 Å². The first-order chi connectivity index (χ1) is 8.83. The van der Waals surface area contributed by atoms with E-state index in [0.717, 1.165) is 24.1 Å². The highest BCUT2D eigenvalue weighted by Crippen LogP contribution is 2.41. The van der Waals surface area contributed by atoms with Gasteiger partial charge in [0, 0.05) is 0 Å². The Balaban J connectivity index is 1.74. The molecule has 0 amide bonds. The number of allylic oxidation sites excluding steroid dienone is 3. The number of hydrogen-bond donors (Lipinski definition) is 0. The molecule has 0 bridgehead atoms. The fourth-order valence-electron chi connectivity index (χ4n) is 3.99. The first-order valence-corrected chi connectivity index (χ1v) is 7.73. The molecule has 0 spiro atoms. The van der Waals surface area contributed by atoms with Gasteiger partial charge in [0.15, 0.2) is 0 Å². The first-order valence-electron chi connectivity index (χ1n) is 7.73.